The lowest BCUT2D eigenvalue weighted by Crippen LogP contribution is -2.18. The molecule has 3 N–H and O–H groups in total. The molecule has 7 nitrogen and oxygen atoms in total. The molecule has 0 bridgehead atoms. The van der Waals surface area contributed by atoms with Gasteiger partial charge in [-0.2, -0.15) is 0 Å². The van der Waals surface area contributed by atoms with Crippen molar-refractivity contribution >= 4 is 46.1 Å². The highest BCUT2D eigenvalue weighted by Gasteiger charge is 2.24. The van der Waals surface area contributed by atoms with E-state index in [4.69, 9.17) is 4.84 Å². The second-order valence-electron chi connectivity index (χ2n) is 7.21. The van der Waals surface area contributed by atoms with Crippen LogP contribution in [0.2, 0.25) is 0 Å². The van der Waals surface area contributed by atoms with Crippen molar-refractivity contribution < 1.29 is 25.0 Å². The summed E-state index contributed by atoms with van der Waals surface area (Å²) >= 11 is 3.31. The minimum atomic E-state index is -1.15. The quantitative estimate of drug-likeness (QED) is 0.202. The first-order valence-corrected chi connectivity index (χ1v) is 12.6. The van der Waals surface area contributed by atoms with Gasteiger partial charge >= 0.3 is 5.97 Å². The van der Waals surface area contributed by atoms with Gasteiger partial charge < -0.3 is 24.7 Å². The first kappa shape index (κ1) is 25.2. The van der Waals surface area contributed by atoms with Crippen LogP contribution in [-0.2, 0) is 16.2 Å². The van der Waals surface area contributed by atoms with E-state index in [0.29, 0.717) is 23.6 Å². The highest BCUT2D eigenvalue weighted by Crippen LogP contribution is 2.45. The van der Waals surface area contributed by atoms with Crippen LogP contribution < -0.4 is 0 Å². The van der Waals surface area contributed by atoms with E-state index < -0.39 is 5.97 Å². The summed E-state index contributed by atoms with van der Waals surface area (Å²) in [5.74, 6) is 0.0423. The average Bonchev–Trinajstić information content (AvgIpc) is 3.09. The maximum Gasteiger partial charge on any atom is 0.358 e. The molecule has 0 spiro atoms. The molecule has 9 heteroatoms. The Balaban J connectivity index is 2.12. The van der Waals surface area contributed by atoms with E-state index in [0.717, 1.165) is 27.7 Å². The van der Waals surface area contributed by atoms with Gasteiger partial charge in [0.2, 0.25) is 0 Å². The Morgan fingerprint density at radius 2 is 1.70 bits per heavy atom. The normalized spacial score (nSPS) is 12.0. The van der Waals surface area contributed by atoms with E-state index in [9.17, 15) is 20.1 Å². The van der Waals surface area contributed by atoms with Crippen LogP contribution in [0.5, 0.6) is 0 Å². The highest BCUT2D eigenvalue weighted by atomic mass is 32.2. The highest BCUT2D eigenvalue weighted by molar-refractivity contribution is 8.16. The molecule has 3 rings (SSSR count). The number of benzene rings is 2. The second kappa shape index (κ2) is 12.1. The van der Waals surface area contributed by atoms with Gasteiger partial charge in [-0.05, 0) is 18.6 Å². The fourth-order valence-corrected chi connectivity index (χ4v) is 6.38. The number of aliphatic hydroxyl groups is 2. The molecule has 33 heavy (non-hydrogen) atoms. The second-order valence-corrected chi connectivity index (χ2v) is 9.93. The third kappa shape index (κ3) is 5.73. The molecule has 0 saturated heterocycles. The van der Waals surface area contributed by atoms with Gasteiger partial charge in [0.15, 0.2) is 5.71 Å². The standard InChI is InChI=1S/C24H28N2O5S2/c1-16-21(24(32-13-11-27)33-14-12-28)19-9-5-6-10-20(19)26(16)15-17-7-3-4-8-18(17)22(23(29)30)25-31-2/h3-10,24,27-28H,11-15H2,1-2H3,(H,29,30). The molecule has 1 aromatic heterocycles. The lowest BCUT2D eigenvalue weighted by molar-refractivity contribution is -0.129. The summed E-state index contributed by atoms with van der Waals surface area (Å²) in [4.78, 5) is 16.6. The van der Waals surface area contributed by atoms with E-state index in [-0.39, 0.29) is 23.5 Å². The monoisotopic (exact) mass is 488 g/mol. The number of thioether (sulfide) groups is 2. The molecular weight excluding hydrogens is 460 g/mol. The zero-order chi connectivity index (χ0) is 23.8. The van der Waals surface area contributed by atoms with Crippen molar-refractivity contribution in [3.05, 3.63) is 70.9 Å². The maximum atomic E-state index is 11.8. The summed E-state index contributed by atoms with van der Waals surface area (Å²) in [6.07, 6.45) is 0. The van der Waals surface area contributed by atoms with Crippen LogP contribution in [0, 0.1) is 6.92 Å². The molecule has 1 heterocycles. The lowest BCUT2D eigenvalue weighted by Gasteiger charge is -2.17. The van der Waals surface area contributed by atoms with Crippen molar-refractivity contribution in [2.75, 3.05) is 31.8 Å². The molecule has 0 saturated carbocycles. The third-order valence-corrected chi connectivity index (χ3v) is 7.95. The van der Waals surface area contributed by atoms with Gasteiger partial charge in [0.25, 0.3) is 0 Å². The minimum Gasteiger partial charge on any atom is -0.476 e. The van der Waals surface area contributed by atoms with Gasteiger partial charge in [-0.15, -0.1) is 23.5 Å². The predicted octanol–water partition coefficient (Wildman–Crippen LogP) is 3.88. The van der Waals surface area contributed by atoms with Gasteiger partial charge in [0.1, 0.15) is 7.11 Å². The van der Waals surface area contributed by atoms with Crippen molar-refractivity contribution in [3.63, 3.8) is 0 Å². The molecule has 0 radical (unpaired) electrons. The first-order valence-electron chi connectivity index (χ1n) is 10.5. The van der Waals surface area contributed by atoms with Crippen LogP contribution in [0.15, 0.2) is 53.7 Å². The number of nitrogens with zero attached hydrogens (tertiary/aromatic N) is 2. The average molecular weight is 489 g/mol. The van der Waals surface area contributed by atoms with Crippen molar-refractivity contribution in [2.24, 2.45) is 5.16 Å². The number of hydrogen-bond acceptors (Lipinski definition) is 7. The molecule has 0 aliphatic rings. The summed E-state index contributed by atoms with van der Waals surface area (Å²) in [6.45, 7) is 2.69. The van der Waals surface area contributed by atoms with Crippen LogP contribution in [0.25, 0.3) is 10.9 Å². The number of rotatable bonds is 12. The molecule has 0 fully saturated rings. The zero-order valence-electron chi connectivity index (χ0n) is 18.6. The van der Waals surface area contributed by atoms with E-state index in [1.54, 1.807) is 35.7 Å². The Hall–Kier alpha value is -2.46. The van der Waals surface area contributed by atoms with Crippen molar-refractivity contribution in [2.45, 2.75) is 18.1 Å². The molecule has 2 aromatic carbocycles. The Labute approximate surface area is 201 Å². The molecule has 176 valence electrons. The van der Waals surface area contributed by atoms with E-state index >= 15 is 0 Å². The van der Waals surface area contributed by atoms with Crippen LogP contribution >= 0.6 is 23.5 Å². The number of carbonyl (C=O) groups is 1. The summed E-state index contributed by atoms with van der Waals surface area (Å²) < 4.78 is 2.23. The Bertz CT molecular complexity index is 1120. The van der Waals surface area contributed by atoms with Crippen molar-refractivity contribution in [1.82, 2.24) is 4.57 Å². The lowest BCUT2D eigenvalue weighted by atomic mass is 10.0. The number of fused-ring (bicyclic) bond motifs is 1. The number of carboxylic acid groups (broad SMARTS) is 1. The van der Waals surface area contributed by atoms with E-state index in [1.165, 1.54) is 7.11 Å². The zero-order valence-corrected chi connectivity index (χ0v) is 20.2. The number of carboxylic acids is 1. The number of aromatic nitrogens is 1. The van der Waals surface area contributed by atoms with Gasteiger partial charge in [-0.25, -0.2) is 4.79 Å². The molecule has 0 unspecified atom stereocenters. The van der Waals surface area contributed by atoms with Gasteiger partial charge in [-0.3, -0.25) is 0 Å². The molecule has 3 aromatic rings. The van der Waals surface area contributed by atoms with Crippen LogP contribution in [0.3, 0.4) is 0 Å². The summed E-state index contributed by atoms with van der Waals surface area (Å²) in [5.41, 5.74) is 4.44. The fraction of sp³-hybridized carbons (Fsp3) is 0.333. The number of aliphatic hydroxyl groups excluding tert-OH is 2. The molecule has 0 amide bonds. The number of hydrogen-bond donors (Lipinski definition) is 3. The Kier molecular flexibility index (Phi) is 9.25. The predicted molar refractivity (Wildman–Crippen MR) is 135 cm³/mol. The van der Waals surface area contributed by atoms with E-state index in [2.05, 4.69) is 28.8 Å². The largest absolute Gasteiger partial charge is 0.476 e. The molecular formula is C24H28N2O5S2. The third-order valence-electron chi connectivity index (χ3n) is 5.22. The fourth-order valence-electron chi connectivity index (χ4n) is 3.85. The van der Waals surface area contributed by atoms with Gasteiger partial charge in [-0.1, -0.05) is 47.6 Å². The topological polar surface area (TPSA) is 104 Å². The summed E-state index contributed by atoms with van der Waals surface area (Å²) in [6, 6.07) is 15.4. The Morgan fingerprint density at radius 3 is 2.33 bits per heavy atom. The maximum absolute atomic E-state index is 11.8. The Morgan fingerprint density at radius 1 is 1.06 bits per heavy atom. The number of oxime groups is 1. The van der Waals surface area contributed by atoms with Crippen LogP contribution in [0.1, 0.15) is 27.0 Å². The SMILES string of the molecule is CON=C(C(=O)O)c1ccccc1Cn1c(C)c(C(SCCO)SCCO)c2ccccc21. The molecule has 0 aliphatic heterocycles. The number of aliphatic carboxylic acids is 1. The van der Waals surface area contributed by atoms with Crippen molar-refractivity contribution in [1.29, 1.82) is 0 Å². The summed E-state index contributed by atoms with van der Waals surface area (Å²) in [5, 5.41) is 33.3. The van der Waals surface area contributed by atoms with E-state index in [1.807, 2.05) is 24.3 Å². The minimum absolute atomic E-state index is 0.0512. The van der Waals surface area contributed by atoms with Gasteiger partial charge in [0, 0.05) is 45.8 Å². The number of para-hydroxylation sites is 1. The summed E-state index contributed by atoms with van der Waals surface area (Å²) in [7, 11) is 1.33. The smallest absolute Gasteiger partial charge is 0.358 e. The van der Waals surface area contributed by atoms with Crippen LogP contribution in [0.4, 0.5) is 0 Å². The molecule has 0 atom stereocenters. The van der Waals surface area contributed by atoms with Crippen molar-refractivity contribution in [3.8, 4) is 0 Å². The van der Waals surface area contributed by atoms with Gasteiger partial charge in [0.05, 0.1) is 17.8 Å². The molecule has 0 aliphatic carbocycles. The first-order chi connectivity index (χ1) is 16.0. The van der Waals surface area contributed by atoms with Crippen LogP contribution in [-0.4, -0.2) is 63.4 Å².